The summed E-state index contributed by atoms with van der Waals surface area (Å²) in [6.45, 7) is 8.75. The van der Waals surface area contributed by atoms with Crippen molar-refractivity contribution in [2.75, 3.05) is 32.7 Å². The molecule has 0 aromatic heterocycles. The Bertz CT molecular complexity index is 815. The molecule has 1 fully saturated rings. The molecule has 1 N–H and O–H groups in total. The van der Waals surface area contributed by atoms with Gasteiger partial charge in [-0.3, -0.25) is 4.79 Å². The molecule has 0 bridgehead atoms. The molecule has 29 heavy (non-hydrogen) atoms. The van der Waals surface area contributed by atoms with Crippen molar-refractivity contribution in [1.29, 1.82) is 0 Å². The minimum absolute atomic E-state index is 0.140. The summed E-state index contributed by atoms with van der Waals surface area (Å²) in [4.78, 5) is 20.5. The topological polar surface area (TPSA) is 57.2 Å². The Morgan fingerprint density at radius 2 is 1.69 bits per heavy atom. The SMILES string of the molecule is CCNC(=NCc1cccc(COc2ccccc2)c1)N1CCN(C(C)=O)CC1. The summed E-state index contributed by atoms with van der Waals surface area (Å²) in [5.74, 6) is 1.91. The molecule has 3 rings (SSSR count). The van der Waals surface area contributed by atoms with Crippen LogP contribution in [0.1, 0.15) is 25.0 Å². The van der Waals surface area contributed by atoms with Crippen molar-refractivity contribution >= 4 is 11.9 Å². The van der Waals surface area contributed by atoms with Gasteiger partial charge in [0.2, 0.25) is 5.91 Å². The Kier molecular flexibility index (Phi) is 7.50. The van der Waals surface area contributed by atoms with Crippen LogP contribution in [0, 0.1) is 0 Å². The normalized spacial score (nSPS) is 14.6. The van der Waals surface area contributed by atoms with Gasteiger partial charge in [-0.2, -0.15) is 0 Å². The lowest BCUT2D eigenvalue weighted by atomic mass is 10.1. The van der Waals surface area contributed by atoms with E-state index in [1.165, 1.54) is 0 Å². The van der Waals surface area contributed by atoms with Gasteiger partial charge in [-0.25, -0.2) is 4.99 Å². The highest BCUT2D eigenvalue weighted by atomic mass is 16.5. The molecule has 1 heterocycles. The molecule has 1 saturated heterocycles. The minimum atomic E-state index is 0.140. The van der Waals surface area contributed by atoms with Gasteiger partial charge in [0.15, 0.2) is 5.96 Å². The first-order valence-corrected chi connectivity index (χ1v) is 10.2. The van der Waals surface area contributed by atoms with Gasteiger partial charge in [0.25, 0.3) is 0 Å². The summed E-state index contributed by atoms with van der Waals surface area (Å²) in [5, 5.41) is 3.38. The summed E-state index contributed by atoms with van der Waals surface area (Å²) < 4.78 is 5.85. The zero-order valence-electron chi connectivity index (χ0n) is 17.3. The molecular weight excluding hydrogens is 364 g/mol. The van der Waals surface area contributed by atoms with E-state index in [4.69, 9.17) is 9.73 Å². The van der Waals surface area contributed by atoms with Gasteiger partial charge in [0, 0.05) is 39.6 Å². The van der Waals surface area contributed by atoms with E-state index in [1.54, 1.807) is 6.92 Å². The van der Waals surface area contributed by atoms with Crippen molar-refractivity contribution in [3.05, 3.63) is 65.7 Å². The third-order valence-corrected chi connectivity index (χ3v) is 4.91. The first-order valence-electron chi connectivity index (χ1n) is 10.2. The largest absolute Gasteiger partial charge is 0.489 e. The maximum Gasteiger partial charge on any atom is 0.219 e. The molecule has 1 aliphatic rings. The Hall–Kier alpha value is -3.02. The third-order valence-electron chi connectivity index (χ3n) is 4.91. The van der Waals surface area contributed by atoms with Gasteiger partial charge in [-0.15, -0.1) is 0 Å². The maximum absolute atomic E-state index is 11.5. The highest BCUT2D eigenvalue weighted by molar-refractivity contribution is 5.80. The van der Waals surface area contributed by atoms with Crippen LogP contribution in [0.5, 0.6) is 5.75 Å². The lowest BCUT2D eigenvalue weighted by Gasteiger charge is -2.36. The van der Waals surface area contributed by atoms with Crippen LogP contribution < -0.4 is 10.1 Å². The van der Waals surface area contributed by atoms with Crippen LogP contribution in [-0.2, 0) is 17.9 Å². The van der Waals surface area contributed by atoms with Crippen molar-refractivity contribution in [3.8, 4) is 5.75 Å². The van der Waals surface area contributed by atoms with Gasteiger partial charge in [0.1, 0.15) is 12.4 Å². The van der Waals surface area contributed by atoms with Gasteiger partial charge >= 0.3 is 0 Å². The Labute approximate surface area is 173 Å². The van der Waals surface area contributed by atoms with Gasteiger partial charge in [-0.1, -0.05) is 42.5 Å². The van der Waals surface area contributed by atoms with Crippen LogP contribution in [-0.4, -0.2) is 54.4 Å². The predicted octanol–water partition coefficient (Wildman–Crippen LogP) is 2.90. The zero-order valence-corrected chi connectivity index (χ0v) is 17.3. The van der Waals surface area contributed by atoms with Crippen molar-refractivity contribution in [2.24, 2.45) is 4.99 Å². The summed E-state index contributed by atoms with van der Waals surface area (Å²) in [7, 11) is 0. The monoisotopic (exact) mass is 394 g/mol. The second-order valence-electron chi connectivity index (χ2n) is 7.08. The lowest BCUT2D eigenvalue weighted by molar-refractivity contribution is -0.130. The summed E-state index contributed by atoms with van der Waals surface area (Å²) in [6, 6.07) is 18.2. The Balaban J connectivity index is 1.59. The van der Waals surface area contributed by atoms with Crippen LogP contribution in [0.4, 0.5) is 0 Å². The van der Waals surface area contributed by atoms with Crippen LogP contribution in [0.15, 0.2) is 59.6 Å². The Morgan fingerprint density at radius 3 is 2.38 bits per heavy atom. The molecule has 0 unspecified atom stereocenters. The minimum Gasteiger partial charge on any atom is -0.489 e. The number of hydrogen-bond donors (Lipinski definition) is 1. The highest BCUT2D eigenvalue weighted by Gasteiger charge is 2.20. The van der Waals surface area contributed by atoms with Gasteiger partial charge in [0.05, 0.1) is 6.54 Å². The molecule has 0 aliphatic carbocycles. The number of ether oxygens (including phenoxy) is 1. The number of aliphatic imine (C=N–C) groups is 1. The number of amides is 1. The molecule has 1 amide bonds. The van der Waals surface area contributed by atoms with E-state index in [1.807, 2.05) is 41.3 Å². The second kappa shape index (κ2) is 10.5. The van der Waals surface area contributed by atoms with Crippen LogP contribution in [0.2, 0.25) is 0 Å². The third kappa shape index (κ3) is 6.24. The number of para-hydroxylation sites is 1. The van der Waals surface area contributed by atoms with Gasteiger partial charge in [-0.05, 0) is 30.2 Å². The fourth-order valence-corrected chi connectivity index (χ4v) is 3.33. The van der Waals surface area contributed by atoms with E-state index in [0.29, 0.717) is 13.2 Å². The van der Waals surface area contributed by atoms with E-state index in [0.717, 1.165) is 55.6 Å². The molecule has 1 aliphatic heterocycles. The zero-order chi connectivity index (χ0) is 20.5. The molecular formula is C23H30N4O2. The molecule has 6 heteroatoms. The number of nitrogens with zero attached hydrogens (tertiary/aromatic N) is 3. The maximum atomic E-state index is 11.5. The predicted molar refractivity (Wildman–Crippen MR) is 116 cm³/mol. The van der Waals surface area contributed by atoms with Crippen molar-refractivity contribution < 1.29 is 9.53 Å². The highest BCUT2D eigenvalue weighted by Crippen LogP contribution is 2.13. The lowest BCUT2D eigenvalue weighted by Crippen LogP contribution is -2.53. The smallest absolute Gasteiger partial charge is 0.219 e. The first kappa shape index (κ1) is 20.7. The summed E-state index contributed by atoms with van der Waals surface area (Å²) in [6.07, 6.45) is 0. The van der Waals surface area contributed by atoms with E-state index in [2.05, 4.69) is 35.3 Å². The average molecular weight is 395 g/mol. The molecule has 2 aromatic rings. The van der Waals surface area contributed by atoms with E-state index < -0.39 is 0 Å². The number of carbonyl (C=O) groups excluding carboxylic acids is 1. The molecule has 0 radical (unpaired) electrons. The van der Waals surface area contributed by atoms with Crippen LogP contribution >= 0.6 is 0 Å². The van der Waals surface area contributed by atoms with E-state index in [-0.39, 0.29) is 5.91 Å². The van der Waals surface area contributed by atoms with Crippen molar-refractivity contribution in [1.82, 2.24) is 15.1 Å². The van der Waals surface area contributed by atoms with Crippen LogP contribution in [0.3, 0.4) is 0 Å². The Morgan fingerprint density at radius 1 is 1.00 bits per heavy atom. The quantitative estimate of drug-likeness (QED) is 0.605. The number of hydrogen-bond acceptors (Lipinski definition) is 3. The molecule has 0 saturated carbocycles. The standard InChI is InChI=1S/C23H30N4O2/c1-3-24-23(27-14-12-26(13-15-27)19(2)28)25-17-20-8-7-9-21(16-20)18-29-22-10-5-4-6-11-22/h4-11,16H,3,12-15,17-18H2,1-2H3,(H,24,25). The number of rotatable bonds is 6. The summed E-state index contributed by atoms with van der Waals surface area (Å²) in [5.41, 5.74) is 2.28. The average Bonchev–Trinajstić information content (AvgIpc) is 2.76. The molecule has 2 aromatic carbocycles. The molecule has 154 valence electrons. The first-order chi connectivity index (χ1) is 14.2. The number of nitrogens with one attached hydrogen (secondary N) is 1. The van der Waals surface area contributed by atoms with Gasteiger partial charge < -0.3 is 19.9 Å². The second-order valence-corrected chi connectivity index (χ2v) is 7.08. The van der Waals surface area contributed by atoms with Crippen molar-refractivity contribution in [2.45, 2.75) is 27.0 Å². The number of benzene rings is 2. The van der Waals surface area contributed by atoms with E-state index >= 15 is 0 Å². The summed E-state index contributed by atoms with van der Waals surface area (Å²) >= 11 is 0. The number of guanidine groups is 1. The number of piperazine rings is 1. The fourth-order valence-electron chi connectivity index (χ4n) is 3.33. The number of carbonyl (C=O) groups is 1. The molecule has 6 nitrogen and oxygen atoms in total. The fraction of sp³-hybridized carbons (Fsp3) is 0.391. The van der Waals surface area contributed by atoms with E-state index in [9.17, 15) is 4.79 Å². The van der Waals surface area contributed by atoms with Crippen molar-refractivity contribution in [3.63, 3.8) is 0 Å². The molecule has 0 atom stereocenters. The van der Waals surface area contributed by atoms with Crippen LogP contribution in [0.25, 0.3) is 0 Å². The molecule has 0 spiro atoms.